The first kappa shape index (κ1) is 14.0. The molecule has 2 aromatic heterocycles. The number of rotatable bonds is 6. The maximum Gasteiger partial charge on any atom is 0.162 e. The van der Waals surface area contributed by atoms with E-state index in [1.165, 1.54) is 9.75 Å². The summed E-state index contributed by atoms with van der Waals surface area (Å²) in [5, 5.41) is 4.33. The van der Waals surface area contributed by atoms with Crippen molar-refractivity contribution in [3.63, 3.8) is 0 Å². The number of hydrazine groups is 1. The molecule has 5 nitrogen and oxygen atoms in total. The van der Waals surface area contributed by atoms with Crippen LogP contribution in [0.3, 0.4) is 0 Å². The van der Waals surface area contributed by atoms with Crippen molar-refractivity contribution in [1.82, 2.24) is 15.2 Å². The molecular weight excluding hydrogens is 260 g/mol. The number of methoxy groups -OCH3 is 1. The second-order valence-corrected chi connectivity index (χ2v) is 5.37. The van der Waals surface area contributed by atoms with E-state index in [0.717, 1.165) is 24.4 Å². The zero-order valence-corrected chi connectivity index (χ0v) is 12.3. The molecular formula is C13H20N4OS. The van der Waals surface area contributed by atoms with Gasteiger partial charge in [0.15, 0.2) is 5.75 Å². The van der Waals surface area contributed by atoms with Crippen molar-refractivity contribution in [2.45, 2.75) is 32.9 Å². The molecule has 1 atom stereocenters. The molecule has 3 N–H and O–H groups in total. The van der Waals surface area contributed by atoms with E-state index in [0.29, 0.717) is 0 Å². The highest BCUT2D eigenvalue weighted by Crippen LogP contribution is 2.33. The van der Waals surface area contributed by atoms with Gasteiger partial charge in [0, 0.05) is 16.3 Å². The molecule has 0 aliphatic carbocycles. The zero-order chi connectivity index (χ0) is 13.8. The van der Waals surface area contributed by atoms with Crippen LogP contribution in [0.25, 0.3) is 0 Å². The molecule has 0 aliphatic rings. The molecule has 0 saturated heterocycles. The molecule has 2 rings (SSSR count). The molecule has 6 heteroatoms. The van der Waals surface area contributed by atoms with Crippen molar-refractivity contribution in [3.8, 4) is 5.75 Å². The summed E-state index contributed by atoms with van der Waals surface area (Å²) >= 11 is 1.76. The second-order valence-electron chi connectivity index (χ2n) is 4.17. The molecule has 1 unspecified atom stereocenters. The lowest BCUT2D eigenvalue weighted by Gasteiger charge is -2.17. The van der Waals surface area contributed by atoms with Crippen molar-refractivity contribution in [2.24, 2.45) is 5.84 Å². The number of nitrogens with two attached hydrogens (primary N) is 1. The van der Waals surface area contributed by atoms with Gasteiger partial charge in [0.1, 0.15) is 11.7 Å². The van der Waals surface area contributed by atoms with Crippen molar-refractivity contribution >= 4 is 11.3 Å². The summed E-state index contributed by atoms with van der Waals surface area (Å²) in [4.78, 5) is 2.52. The molecule has 0 radical (unpaired) electrons. The minimum Gasteiger partial charge on any atom is -0.493 e. The fourth-order valence-corrected chi connectivity index (χ4v) is 3.13. The fraction of sp³-hybridized carbons (Fsp3) is 0.462. The number of ether oxygens (including phenoxy) is 1. The molecule has 2 aromatic rings. The van der Waals surface area contributed by atoms with E-state index in [1.54, 1.807) is 24.6 Å². The van der Waals surface area contributed by atoms with Gasteiger partial charge in [0.2, 0.25) is 0 Å². The third kappa shape index (κ3) is 2.65. The summed E-state index contributed by atoms with van der Waals surface area (Å²) in [6.07, 6.45) is 2.77. The van der Waals surface area contributed by atoms with E-state index in [2.05, 4.69) is 36.5 Å². The average Bonchev–Trinajstić information content (AvgIpc) is 3.06. The first-order valence-electron chi connectivity index (χ1n) is 6.39. The van der Waals surface area contributed by atoms with E-state index < -0.39 is 0 Å². The van der Waals surface area contributed by atoms with Crippen LogP contribution in [0.5, 0.6) is 5.75 Å². The van der Waals surface area contributed by atoms with Gasteiger partial charge in [-0.15, -0.1) is 11.3 Å². The second kappa shape index (κ2) is 6.18. The summed E-state index contributed by atoms with van der Waals surface area (Å²) in [6, 6.07) is 4.16. The van der Waals surface area contributed by atoms with Gasteiger partial charge < -0.3 is 4.74 Å². The first-order chi connectivity index (χ1) is 9.24. The Bertz CT molecular complexity index is 513. The van der Waals surface area contributed by atoms with Crippen LogP contribution in [0.4, 0.5) is 0 Å². The van der Waals surface area contributed by atoms with E-state index in [9.17, 15) is 0 Å². The van der Waals surface area contributed by atoms with Gasteiger partial charge in [-0.3, -0.25) is 10.5 Å². The topological polar surface area (TPSA) is 65.1 Å². The highest BCUT2D eigenvalue weighted by atomic mass is 32.1. The molecule has 0 aliphatic heterocycles. The quantitative estimate of drug-likeness (QED) is 0.628. The Morgan fingerprint density at radius 2 is 2.26 bits per heavy atom. The Balaban J connectivity index is 2.43. The largest absolute Gasteiger partial charge is 0.493 e. The van der Waals surface area contributed by atoms with Gasteiger partial charge in [-0.05, 0) is 25.5 Å². The fourth-order valence-electron chi connectivity index (χ4n) is 2.11. The predicted octanol–water partition coefficient (Wildman–Crippen LogP) is 2.09. The number of hydrogen-bond acceptors (Lipinski definition) is 5. The summed E-state index contributed by atoms with van der Waals surface area (Å²) in [5.74, 6) is 6.51. The Morgan fingerprint density at radius 1 is 1.47 bits per heavy atom. The van der Waals surface area contributed by atoms with Crippen molar-refractivity contribution in [1.29, 1.82) is 0 Å². The summed E-state index contributed by atoms with van der Waals surface area (Å²) in [5.41, 5.74) is 3.85. The van der Waals surface area contributed by atoms with Gasteiger partial charge >= 0.3 is 0 Å². The molecule has 19 heavy (non-hydrogen) atoms. The third-order valence-corrected chi connectivity index (χ3v) is 4.41. The molecule has 0 spiro atoms. The van der Waals surface area contributed by atoms with E-state index >= 15 is 0 Å². The van der Waals surface area contributed by atoms with Crippen LogP contribution in [0, 0.1) is 0 Å². The van der Waals surface area contributed by atoms with Crippen LogP contribution in [-0.4, -0.2) is 16.9 Å². The maximum absolute atomic E-state index is 5.75. The van der Waals surface area contributed by atoms with E-state index in [1.807, 2.05) is 4.68 Å². The van der Waals surface area contributed by atoms with Crippen LogP contribution in [0.15, 0.2) is 18.3 Å². The molecule has 0 fully saturated rings. The monoisotopic (exact) mass is 280 g/mol. The number of nitrogens with one attached hydrogen (secondary N) is 1. The first-order valence-corrected chi connectivity index (χ1v) is 7.21. The maximum atomic E-state index is 5.75. The Hall–Kier alpha value is -1.37. The average molecular weight is 280 g/mol. The molecule has 2 heterocycles. The number of aryl methyl sites for hydroxylation is 2. The van der Waals surface area contributed by atoms with Gasteiger partial charge in [0.05, 0.1) is 13.3 Å². The van der Waals surface area contributed by atoms with E-state index in [-0.39, 0.29) is 6.04 Å². The van der Waals surface area contributed by atoms with Crippen LogP contribution >= 0.6 is 11.3 Å². The third-order valence-electron chi connectivity index (χ3n) is 3.12. The number of hydrogen-bond donors (Lipinski definition) is 2. The lowest BCUT2D eigenvalue weighted by Crippen LogP contribution is -2.30. The lowest BCUT2D eigenvalue weighted by atomic mass is 10.1. The SMILES string of the molecule is CCc1ccc(C(NN)c2c(OC)cnn2CC)s1. The highest BCUT2D eigenvalue weighted by molar-refractivity contribution is 7.12. The van der Waals surface area contributed by atoms with Gasteiger partial charge in [-0.1, -0.05) is 6.92 Å². The Labute approximate surface area is 117 Å². The summed E-state index contributed by atoms with van der Waals surface area (Å²) in [6.45, 7) is 4.98. The summed E-state index contributed by atoms with van der Waals surface area (Å²) < 4.78 is 7.30. The molecule has 0 aromatic carbocycles. The van der Waals surface area contributed by atoms with Gasteiger partial charge in [0.25, 0.3) is 0 Å². The zero-order valence-electron chi connectivity index (χ0n) is 11.5. The van der Waals surface area contributed by atoms with Crippen LogP contribution < -0.4 is 16.0 Å². The number of thiophene rings is 1. The minimum atomic E-state index is -0.0947. The lowest BCUT2D eigenvalue weighted by molar-refractivity contribution is 0.400. The van der Waals surface area contributed by atoms with Gasteiger partial charge in [-0.2, -0.15) is 5.10 Å². The van der Waals surface area contributed by atoms with Crippen molar-refractivity contribution in [3.05, 3.63) is 33.8 Å². The molecule has 104 valence electrons. The van der Waals surface area contributed by atoms with Crippen LogP contribution in [0.1, 0.15) is 35.3 Å². The van der Waals surface area contributed by atoms with E-state index in [4.69, 9.17) is 10.6 Å². The number of nitrogens with zero attached hydrogens (tertiary/aromatic N) is 2. The molecule has 0 saturated carbocycles. The smallest absolute Gasteiger partial charge is 0.162 e. The Kier molecular flexibility index (Phi) is 4.57. The van der Waals surface area contributed by atoms with Crippen molar-refractivity contribution < 1.29 is 4.74 Å². The normalized spacial score (nSPS) is 12.6. The highest BCUT2D eigenvalue weighted by Gasteiger charge is 2.23. The standard InChI is InChI=1S/C13H20N4OS/c1-4-9-6-7-11(19-9)12(16-14)13-10(18-3)8-15-17(13)5-2/h6-8,12,16H,4-5,14H2,1-3H3. The Morgan fingerprint density at radius 3 is 2.79 bits per heavy atom. The predicted molar refractivity (Wildman–Crippen MR) is 77.3 cm³/mol. The van der Waals surface area contributed by atoms with Crippen molar-refractivity contribution in [2.75, 3.05) is 7.11 Å². The molecule has 0 amide bonds. The summed E-state index contributed by atoms with van der Waals surface area (Å²) in [7, 11) is 1.65. The number of aromatic nitrogens is 2. The minimum absolute atomic E-state index is 0.0947. The molecule has 0 bridgehead atoms. The van der Waals surface area contributed by atoms with Crippen LogP contribution in [-0.2, 0) is 13.0 Å². The van der Waals surface area contributed by atoms with Crippen LogP contribution in [0.2, 0.25) is 0 Å². The van der Waals surface area contributed by atoms with Gasteiger partial charge in [-0.25, -0.2) is 5.43 Å².